The highest BCUT2D eigenvalue weighted by Gasteiger charge is 2.09. The van der Waals surface area contributed by atoms with E-state index in [1.165, 1.54) is 24.3 Å². The molecule has 0 spiro atoms. The molecule has 0 heterocycles. The Morgan fingerprint density at radius 2 is 1.80 bits per heavy atom. The molecule has 1 N–H and O–H groups in total. The zero-order valence-electron chi connectivity index (χ0n) is 12.0. The number of carbonyl (C=O) groups excluding carboxylic acids is 2. The number of amides is 1. The van der Waals surface area contributed by atoms with Gasteiger partial charge in [0, 0.05) is 24.9 Å². The lowest BCUT2D eigenvalue weighted by Crippen LogP contribution is -2.27. The van der Waals surface area contributed by atoms with Crippen molar-refractivity contribution in [1.29, 1.82) is 0 Å². The number of hydrogen-bond acceptors (Lipinski definition) is 3. The standard InChI is InChI=1S/C15H21FN2O2/c1-18(2)11-3-10-17-15(20)9-8-14(19)12-4-6-13(16)7-5-12/h4-7H,3,8-11H2,1-2H3,(H,17,20). The summed E-state index contributed by atoms with van der Waals surface area (Å²) >= 11 is 0. The Hall–Kier alpha value is -1.75. The first-order chi connectivity index (χ1) is 9.49. The predicted molar refractivity (Wildman–Crippen MR) is 76.1 cm³/mol. The van der Waals surface area contributed by atoms with Crippen LogP contribution >= 0.6 is 0 Å². The van der Waals surface area contributed by atoms with E-state index in [-0.39, 0.29) is 30.3 Å². The van der Waals surface area contributed by atoms with E-state index < -0.39 is 0 Å². The van der Waals surface area contributed by atoms with Crippen LogP contribution in [0.25, 0.3) is 0 Å². The Labute approximate surface area is 119 Å². The van der Waals surface area contributed by atoms with E-state index in [2.05, 4.69) is 5.32 Å². The smallest absolute Gasteiger partial charge is 0.220 e. The number of carbonyl (C=O) groups is 2. The number of halogens is 1. The van der Waals surface area contributed by atoms with Gasteiger partial charge in [-0.3, -0.25) is 9.59 Å². The zero-order chi connectivity index (χ0) is 15.0. The van der Waals surface area contributed by atoms with Crippen LogP contribution in [0.5, 0.6) is 0 Å². The second-order valence-electron chi connectivity index (χ2n) is 4.94. The minimum Gasteiger partial charge on any atom is -0.356 e. The van der Waals surface area contributed by atoms with Crippen molar-refractivity contribution in [2.45, 2.75) is 19.3 Å². The molecular formula is C15H21FN2O2. The lowest BCUT2D eigenvalue weighted by molar-refractivity contribution is -0.121. The number of hydrogen-bond donors (Lipinski definition) is 1. The van der Waals surface area contributed by atoms with Crippen molar-refractivity contribution in [1.82, 2.24) is 10.2 Å². The Morgan fingerprint density at radius 1 is 1.15 bits per heavy atom. The average Bonchev–Trinajstić information content (AvgIpc) is 2.41. The van der Waals surface area contributed by atoms with Gasteiger partial charge < -0.3 is 10.2 Å². The van der Waals surface area contributed by atoms with Gasteiger partial charge in [0.2, 0.25) is 5.91 Å². The van der Waals surface area contributed by atoms with Crippen molar-refractivity contribution < 1.29 is 14.0 Å². The van der Waals surface area contributed by atoms with E-state index in [4.69, 9.17) is 0 Å². The van der Waals surface area contributed by atoms with Crippen LogP contribution in [0.1, 0.15) is 29.6 Å². The highest BCUT2D eigenvalue weighted by Crippen LogP contribution is 2.07. The monoisotopic (exact) mass is 280 g/mol. The summed E-state index contributed by atoms with van der Waals surface area (Å²) in [5.41, 5.74) is 0.437. The van der Waals surface area contributed by atoms with Crippen LogP contribution in [0, 0.1) is 5.82 Å². The molecule has 0 saturated carbocycles. The SMILES string of the molecule is CN(C)CCCNC(=O)CCC(=O)c1ccc(F)cc1. The topological polar surface area (TPSA) is 49.4 Å². The summed E-state index contributed by atoms with van der Waals surface area (Å²) in [7, 11) is 3.95. The lowest BCUT2D eigenvalue weighted by atomic mass is 10.1. The first kappa shape index (κ1) is 16.3. The third-order valence-corrected chi connectivity index (χ3v) is 2.85. The maximum Gasteiger partial charge on any atom is 0.220 e. The summed E-state index contributed by atoms with van der Waals surface area (Å²) in [5, 5.41) is 2.78. The number of nitrogens with zero attached hydrogens (tertiary/aromatic N) is 1. The van der Waals surface area contributed by atoms with Gasteiger partial charge in [-0.1, -0.05) is 0 Å². The van der Waals surface area contributed by atoms with Gasteiger partial charge in [-0.25, -0.2) is 4.39 Å². The molecule has 5 heteroatoms. The second-order valence-corrected chi connectivity index (χ2v) is 4.94. The largest absolute Gasteiger partial charge is 0.356 e. The second kappa shape index (κ2) is 8.43. The Bertz CT molecular complexity index is 444. The summed E-state index contributed by atoms with van der Waals surface area (Å²) in [6.45, 7) is 1.52. The minimum atomic E-state index is -0.375. The molecular weight excluding hydrogens is 259 g/mol. The van der Waals surface area contributed by atoms with E-state index in [9.17, 15) is 14.0 Å². The first-order valence-corrected chi connectivity index (χ1v) is 6.69. The van der Waals surface area contributed by atoms with Crippen LogP contribution in [-0.2, 0) is 4.79 Å². The lowest BCUT2D eigenvalue weighted by Gasteiger charge is -2.09. The molecule has 1 amide bonds. The van der Waals surface area contributed by atoms with Gasteiger partial charge in [-0.15, -0.1) is 0 Å². The van der Waals surface area contributed by atoms with Crippen LogP contribution in [-0.4, -0.2) is 43.8 Å². The molecule has 0 atom stereocenters. The van der Waals surface area contributed by atoms with Crippen molar-refractivity contribution in [3.8, 4) is 0 Å². The van der Waals surface area contributed by atoms with Gasteiger partial charge in [0.25, 0.3) is 0 Å². The summed E-state index contributed by atoms with van der Waals surface area (Å²) in [6.07, 6.45) is 1.19. The summed E-state index contributed by atoms with van der Waals surface area (Å²) in [6, 6.07) is 5.36. The number of nitrogens with one attached hydrogen (secondary N) is 1. The van der Waals surface area contributed by atoms with Crippen LogP contribution in [0.3, 0.4) is 0 Å². The summed E-state index contributed by atoms with van der Waals surface area (Å²) in [5.74, 6) is -0.646. The van der Waals surface area contributed by atoms with Crippen molar-refractivity contribution in [2.24, 2.45) is 0 Å². The van der Waals surface area contributed by atoms with Crippen LogP contribution in [0.15, 0.2) is 24.3 Å². The van der Waals surface area contributed by atoms with Gasteiger partial charge in [0.15, 0.2) is 5.78 Å². The number of ketones is 1. The highest BCUT2D eigenvalue weighted by molar-refractivity contribution is 5.97. The average molecular weight is 280 g/mol. The normalized spacial score (nSPS) is 10.6. The Balaban J connectivity index is 2.23. The third kappa shape index (κ3) is 6.43. The number of rotatable bonds is 8. The fourth-order valence-corrected chi connectivity index (χ4v) is 1.72. The molecule has 1 aromatic carbocycles. The maximum absolute atomic E-state index is 12.7. The van der Waals surface area contributed by atoms with E-state index in [0.717, 1.165) is 13.0 Å². The summed E-state index contributed by atoms with van der Waals surface area (Å²) < 4.78 is 12.7. The van der Waals surface area contributed by atoms with Gasteiger partial charge in [0.1, 0.15) is 5.82 Å². The molecule has 0 aliphatic heterocycles. The molecule has 1 rings (SSSR count). The molecule has 0 aliphatic carbocycles. The van der Waals surface area contributed by atoms with E-state index in [1.54, 1.807) is 0 Å². The quantitative estimate of drug-likeness (QED) is 0.584. The van der Waals surface area contributed by atoms with Crippen molar-refractivity contribution in [2.75, 3.05) is 27.2 Å². The van der Waals surface area contributed by atoms with Gasteiger partial charge in [-0.2, -0.15) is 0 Å². The third-order valence-electron chi connectivity index (χ3n) is 2.85. The number of benzene rings is 1. The molecule has 0 unspecified atom stereocenters. The van der Waals surface area contributed by atoms with E-state index in [1.807, 2.05) is 19.0 Å². The Kier molecular flexibility index (Phi) is 6.87. The van der Waals surface area contributed by atoms with Crippen molar-refractivity contribution >= 4 is 11.7 Å². The van der Waals surface area contributed by atoms with Gasteiger partial charge >= 0.3 is 0 Å². The fraction of sp³-hybridized carbons (Fsp3) is 0.467. The molecule has 0 aliphatic rings. The fourth-order valence-electron chi connectivity index (χ4n) is 1.72. The molecule has 0 aromatic heterocycles. The van der Waals surface area contributed by atoms with Gasteiger partial charge in [0.05, 0.1) is 0 Å². The van der Waals surface area contributed by atoms with Crippen molar-refractivity contribution in [3.63, 3.8) is 0 Å². The molecule has 20 heavy (non-hydrogen) atoms. The molecule has 110 valence electrons. The van der Waals surface area contributed by atoms with E-state index in [0.29, 0.717) is 12.1 Å². The Morgan fingerprint density at radius 3 is 2.40 bits per heavy atom. The first-order valence-electron chi connectivity index (χ1n) is 6.69. The molecule has 4 nitrogen and oxygen atoms in total. The van der Waals surface area contributed by atoms with Crippen LogP contribution in [0.4, 0.5) is 4.39 Å². The predicted octanol–water partition coefficient (Wildman–Crippen LogP) is 1.86. The van der Waals surface area contributed by atoms with Crippen LogP contribution in [0.2, 0.25) is 0 Å². The number of Topliss-reactive ketones (excluding diaryl/α,β-unsaturated/α-hetero) is 1. The molecule has 1 aromatic rings. The molecule has 0 fully saturated rings. The molecule has 0 bridgehead atoms. The minimum absolute atomic E-state index is 0.126. The highest BCUT2D eigenvalue weighted by atomic mass is 19.1. The summed E-state index contributed by atoms with van der Waals surface area (Å²) in [4.78, 5) is 25.4. The maximum atomic E-state index is 12.7. The molecule has 0 radical (unpaired) electrons. The van der Waals surface area contributed by atoms with Crippen molar-refractivity contribution in [3.05, 3.63) is 35.6 Å². The molecule has 0 saturated heterocycles. The van der Waals surface area contributed by atoms with Gasteiger partial charge in [-0.05, 0) is 51.3 Å². The zero-order valence-corrected chi connectivity index (χ0v) is 12.0. The van der Waals surface area contributed by atoms with Crippen LogP contribution < -0.4 is 5.32 Å². The van der Waals surface area contributed by atoms with E-state index >= 15 is 0 Å².